The van der Waals surface area contributed by atoms with Gasteiger partial charge in [0, 0.05) is 12.6 Å². The molecule has 0 aliphatic heterocycles. The molecule has 3 aromatic carbocycles. The van der Waals surface area contributed by atoms with Gasteiger partial charge in [0.25, 0.3) is 0 Å². The Morgan fingerprint density at radius 1 is 0.816 bits per heavy atom. The number of hydrogen-bond donors (Lipinski definition) is 1. The van der Waals surface area contributed by atoms with Gasteiger partial charge in [0.15, 0.2) is 0 Å². The van der Waals surface area contributed by atoms with Crippen LogP contribution in [0.15, 0.2) is 103 Å². The molecule has 4 aromatic rings. The van der Waals surface area contributed by atoms with Gasteiger partial charge in [-0.2, -0.15) is 0 Å². The molecule has 1 fully saturated rings. The molecule has 2 unspecified atom stereocenters. The van der Waals surface area contributed by atoms with Crippen molar-refractivity contribution in [3.8, 4) is 5.75 Å². The maximum atomic E-state index is 7.01. The largest absolute Gasteiger partial charge is 0.497 e. The normalized spacial score (nSPS) is 14.8. The van der Waals surface area contributed by atoms with E-state index in [1.165, 1.54) is 18.4 Å². The molecule has 1 aliphatic rings. The minimum atomic E-state index is -0.189. The van der Waals surface area contributed by atoms with E-state index in [9.17, 15) is 0 Å². The third-order valence-electron chi connectivity index (χ3n) is 7.29. The molecule has 0 radical (unpaired) electrons. The zero-order chi connectivity index (χ0) is 26.2. The Labute approximate surface area is 227 Å². The summed E-state index contributed by atoms with van der Waals surface area (Å²) >= 11 is 0. The summed E-state index contributed by atoms with van der Waals surface area (Å²) in [6.45, 7) is 3.23. The van der Waals surface area contributed by atoms with Gasteiger partial charge in [-0.1, -0.05) is 85.8 Å². The van der Waals surface area contributed by atoms with Crippen molar-refractivity contribution in [1.82, 2.24) is 10.3 Å². The highest BCUT2D eigenvalue weighted by Gasteiger charge is 2.33. The van der Waals surface area contributed by atoms with Crippen LogP contribution in [-0.2, 0) is 11.2 Å². The maximum Gasteiger partial charge on any atom is 0.118 e. The first-order valence-electron chi connectivity index (χ1n) is 13.8. The van der Waals surface area contributed by atoms with Crippen molar-refractivity contribution in [2.45, 2.75) is 50.9 Å². The van der Waals surface area contributed by atoms with Gasteiger partial charge in [-0.25, -0.2) is 0 Å². The lowest BCUT2D eigenvalue weighted by Crippen LogP contribution is -2.24. The second kappa shape index (κ2) is 12.9. The summed E-state index contributed by atoms with van der Waals surface area (Å²) in [7, 11) is 1.70. The maximum absolute atomic E-state index is 7.01. The zero-order valence-corrected chi connectivity index (χ0v) is 22.4. The van der Waals surface area contributed by atoms with Crippen LogP contribution in [0.2, 0.25) is 0 Å². The highest BCUT2D eigenvalue weighted by molar-refractivity contribution is 5.32. The first-order chi connectivity index (χ1) is 18.7. The Kier molecular flexibility index (Phi) is 8.85. The number of nitrogens with one attached hydrogen (secondary N) is 1. The van der Waals surface area contributed by atoms with Crippen LogP contribution in [0.3, 0.4) is 0 Å². The topological polar surface area (TPSA) is 43.4 Å². The molecule has 1 aromatic heterocycles. The number of ether oxygens (including phenoxy) is 2. The van der Waals surface area contributed by atoms with E-state index in [1.54, 1.807) is 7.11 Å². The molecule has 1 N–H and O–H groups in total. The van der Waals surface area contributed by atoms with Crippen molar-refractivity contribution >= 4 is 0 Å². The number of benzene rings is 3. The Hall–Kier alpha value is -3.47. The van der Waals surface area contributed by atoms with E-state index in [1.807, 2.05) is 30.5 Å². The van der Waals surface area contributed by atoms with E-state index in [0.717, 1.165) is 47.5 Å². The third kappa shape index (κ3) is 6.69. The second-order valence-corrected chi connectivity index (χ2v) is 10.2. The Morgan fingerprint density at radius 3 is 2.00 bits per heavy atom. The SMILES string of the molecule is CCCNC(c1ccc(C(Cc2ccc(OC)cc2)OC(c2ccccc2)c2ccccc2)cn1)C1CC1. The lowest BCUT2D eigenvalue weighted by Gasteiger charge is -2.27. The molecule has 0 amide bonds. The predicted octanol–water partition coefficient (Wildman–Crippen LogP) is 7.63. The summed E-state index contributed by atoms with van der Waals surface area (Å²) in [4.78, 5) is 4.97. The van der Waals surface area contributed by atoms with Gasteiger partial charge in [0.2, 0.25) is 0 Å². The van der Waals surface area contributed by atoms with Crippen LogP contribution in [0.4, 0.5) is 0 Å². The molecule has 196 valence electrons. The van der Waals surface area contributed by atoms with Gasteiger partial charge in [-0.15, -0.1) is 0 Å². The van der Waals surface area contributed by atoms with Gasteiger partial charge in [0.1, 0.15) is 11.9 Å². The number of methoxy groups -OCH3 is 1. The monoisotopic (exact) mass is 506 g/mol. The van der Waals surface area contributed by atoms with Gasteiger partial charge in [-0.05, 0) is 72.2 Å². The van der Waals surface area contributed by atoms with Crippen LogP contribution in [0.25, 0.3) is 0 Å². The van der Waals surface area contributed by atoms with Gasteiger partial charge < -0.3 is 14.8 Å². The molecule has 5 rings (SSSR count). The number of nitrogens with zero attached hydrogens (tertiary/aromatic N) is 1. The highest BCUT2D eigenvalue weighted by Crippen LogP contribution is 2.41. The summed E-state index contributed by atoms with van der Waals surface area (Å²) < 4.78 is 12.4. The molecule has 2 atom stereocenters. The molecule has 1 saturated carbocycles. The molecule has 0 saturated heterocycles. The van der Waals surface area contributed by atoms with Crippen LogP contribution >= 0.6 is 0 Å². The van der Waals surface area contributed by atoms with Crippen molar-refractivity contribution in [3.05, 3.63) is 131 Å². The number of pyridine rings is 1. The highest BCUT2D eigenvalue weighted by atomic mass is 16.5. The van der Waals surface area contributed by atoms with E-state index in [2.05, 4.69) is 85.0 Å². The van der Waals surface area contributed by atoms with Crippen molar-refractivity contribution in [3.63, 3.8) is 0 Å². The molecule has 0 bridgehead atoms. The minimum Gasteiger partial charge on any atom is -0.497 e. The Morgan fingerprint density at radius 2 is 1.47 bits per heavy atom. The summed E-state index contributed by atoms with van der Waals surface area (Å²) in [5.74, 6) is 1.56. The van der Waals surface area contributed by atoms with Crippen LogP contribution in [0.1, 0.15) is 72.4 Å². The Balaban J connectivity index is 1.46. The first kappa shape index (κ1) is 26.1. The standard InChI is InChI=1S/C34H38N2O2/c1-3-22-35-33(26-16-17-26)31-21-18-29(24-36-31)32(23-25-14-19-30(37-2)20-15-25)38-34(27-10-6-4-7-11-27)28-12-8-5-9-13-28/h4-15,18-21,24,26,32-35H,3,16-17,22-23H2,1-2H3. The molecular weight excluding hydrogens is 468 g/mol. The molecule has 0 spiro atoms. The van der Waals surface area contributed by atoms with Gasteiger partial charge in [0.05, 0.1) is 24.9 Å². The van der Waals surface area contributed by atoms with E-state index in [0.29, 0.717) is 12.0 Å². The van der Waals surface area contributed by atoms with Crippen LogP contribution in [0, 0.1) is 5.92 Å². The first-order valence-corrected chi connectivity index (χ1v) is 13.8. The lowest BCUT2D eigenvalue weighted by atomic mass is 9.98. The molecule has 4 heteroatoms. The Bertz CT molecular complexity index is 1200. The fraction of sp³-hybridized carbons (Fsp3) is 0.324. The smallest absolute Gasteiger partial charge is 0.118 e. The summed E-state index contributed by atoms with van der Waals surface area (Å²) in [6, 6.07) is 34.0. The molecular formula is C34H38N2O2. The van der Waals surface area contributed by atoms with E-state index >= 15 is 0 Å². The lowest BCUT2D eigenvalue weighted by molar-refractivity contribution is 0.00677. The van der Waals surface area contributed by atoms with Crippen LogP contribution in [-0.4, -0.2) is 18.6 Å². The second-order valence-electron chi connectivity index (χ2n) is 10.2. The van der Waals surface area contributed by atoms with Gasteiger partial charge in [-0.3, -0.25) is 4.98 Å². The minimum absolute atomic E-state index is 0.168. The van der Waals surface area contributed by atoms with Crippen LogP contribution in [0.5, 0.6) is 5.75 Å². The van der Waals surface area contributed by atoms with Crippen molar-refractivity contribution in [1.29, 1.82) is 0 Å². The van der Waals surface area contributed by atoms with E-state index < -0.39 is 0 Å². The van der Waals surface area contributed by atoms with Crippen LogP contribution < -0.4 is 10.1 Å². The average Bonchev–Trinajstić information content (AvgIpc) is 3.83. The predicted molar refractivity (Wildman–Crippen MR) is 153 cm³/mol. The molecule has 1 aliphatic carbocycles. The fourth-order valence-electron chi connectivity index (χ4n) is 5.02. The number of rotatable bonds is 13. The summed E-state index contributed by atoms with van der Waals surface area (Å²) in [6.07, 6.45) is 6.10. The van der Waals surface area contributed by atoms with Crippen molar-refractivity contribution in [2.75, 3.05) is 13.7 Å². The third-order valence-corrected chi connectivity index (χ3v) is 7.29. The van der Waals surface area contributed by atoms with E-state index in [4.69, 9.17) is 14.5 Å². The average molecular weight is 507 g/mol. The summed E-state index contributed by atoms with van der Waals surface area (Å²) in [5, 5.41) is 3.72. The van der Waals surface area contributed by atoms with Crippen molar-refractivity contribution in [2.24, 2.45) is 5.92 Å². The zero-order valence-electron chi connectivity index (χ0n) is 22.4. The number of aromatic nitrogens is 1. The van der Waals surface area contributed by atoms with Crippen molar-refractivity contribution < 1.29 is 9.47 Å². The number of hydrogen-bond acceptors (Lipinski definition) is 4. The molecule has 38 heavy (non-hydrogen) atoms. The van der Waals surface area contributed by atoms with E-state index in [-0.39, 0.29) is 12.2 Å². The van der Waals surface area contributed by atoms with Gasteiger partial charge >= 0.3 is 0 Å². The quantitative estimate of drug-likeness (QED) is 0.202. The fourth-order valence-corrected chi connectivity index (χ4v) is 5.02. The summed E-state index contributed by atoms with van der Waals surface area (Å²) in [5.41, 5.74) is 5.70. The molecule has 4 nitrogen and oxygen atoms in total. The molecule has 1 heterocycles.